The largest absolute Gasteiger partial charge is 0.497 e. The lowest BCUT2D eigenvalue weighted by Crippen LogP contribution is -2.38. The SMILES string of the molecule is COc1ccc(C(=O)OC(C)CN2C(=O)C3CCCCC3C2=O)cc1. The van der Waals surface area contributed by atoms with Crippen molar-refractivity contribution >= 4 is 17.8 Å². The van der Waals surface area contributed by atoms with Gasteiger partial charge in [0.25, 0.3) is 0 Å². The number of rotatable bonds is 5. The summed E-state index contributed by atoms with van der Waals surface area (Å²) in [5, 5.41) is 0. The Morgan fingerprint density at radius 1 is 1.12 bits per heavy atom. The second-order valence-electron chi connectivity index (χ2n) is 6.73. The van der Waals surface area contributed by atoms with Crippen molar-refractivity contribution < 1.29 is 23.9 Å². The Kier molecular flexibility index (Phi) is 5.06. The summed E-state index contributed by atoms with van der Waals surface area (Å²) in [6.07, 6.45) is 3.01. The number of carbonyl (C=O) groups is 3. The fourth-order valence-corrected chi connectivity index (χ4v) is 3.68. The molecule has 3 rings (SSSR count). The van der Waals surface area contributed by atoms with Crippen molar-refractivity contribution in [2.24, 2.45) is 11.8 Å². The number of esters is 1. The number of likely N-dealkylation sites (tertiary alicyclic amines) is 1. The molecule has 2 fully saturated rings. The molecule has 2 amide bonds. The van der Waals surface area contributed by atoms with Crippen LogP contribution in [0.1, 0.15) is 43.0 Å². The normalized spacial score (nSPS) is 24.0. The highest BCUT2D eigenvalue weighted by Gasteiger charge is 2.48. The second kappa shape index (κ2) is 7.25. The predicted molar refractivity (Wildman–Crippen MR) is 90.0 cm³/mol. The van der Waals surface area contributed by atoms with E-state index in [9.17, 15) is 14.4 Å². The summed E-state index contributed by atoms with van der Waals surface area (Å²) in [5.41, 5.74) is 0.403. The van der Waals surface area contributed by atoms with Crippen molar-refractivity contribution in [3.05, 3.63) is 29.8 Å². The molecule has 134 valence electrons. The Labute approximate surface area is 147 Å². The third-order valence-corrected chi connectivity index (χ3v) is 5.01. The molecule has 1 saturated heterocycles. The zero-order chi connectivity index (χ0) is 18.0. The molecule has 6 nitrogen and oxygen atoms in total. The van der Waals surface area contributed by atoms with Gasteiger partial charge in [-0.25, -0.2) is 4.79 Å². The van der Waals surface area contributed by atoms with Gasteiger partial charge >= 0.3 is 5.97 Å². The Balaban J connectivity index is 1.60. The van der Waals surface area contributed by atoms with Crippen molar-refractivity contribution in [2.45, 2.75) is 38.7 Å². The van der Waals surface area contributed by atoms with Crippen LogP contribution >= 0.6 is 0 Å². The summed E-state index contributed by atoms with van der Waals surface area (Å²) in [4.78, 5) is 38.4. The first-order valence-electron chi connectivity index (χ1n) is 8.71. The van der Waals surface area contributed by atoms with Crippen LogP contribution in [0.25, 0.3) is 0 Å². The highest BCUT2D eigenvalue weighted by molar-refractivity contribution is 6.05. The van der Waals surface area contributed by atoms with Gasteiger partial charge in [0.05, 0.1) is 31.1 Å². The average Bonchev–Trinajstić information content (AvgIpc) is 2.87. The van der Waals surface area contributed by atoms with Crippen molar-refractivity contribution in [3.63, 3.8) is 0 Å². The van der Waals surface area contributed by atoms with E-state index in [1.165, 1.54) is 4.90 Å². The highest BCUT2D eigenvalue weighted by Crippen LogP contribution is 2.38. The lowest BCUT2D eigenvalue weighted by Gasteiger charge is -2.20. The molecular weight excluding hydrogens is 322 g/mol. The number of hydrogen-bond donors (Lipinski definition) is 0. The third-order valence-electron chi connectivity index (χ3n) is 5.01. The van der Waals surface area contributed by atoms with Crippen LogP contribution in [0.15, 0.2) is 24.3 Å². The second-order valence-corrected chi connectivity index (χ2v) is 6.73. The van der Waals surface area contributed by atoms with Crippen LogP contribution in [0.5, 0.6) is 5.75 Å². The quantitative estimate of drug-likeness (QED) is 0.605. The maximum Gasteiger partial charge on any atom is 0.338 e. The molecule has 0 aromatic heterocycles. The van der Waals surface area contributed by atoms with Gasteiger partial charge in [0, 0.05) is 0 Å². The van der Waals surface area contributed by atoms with E-state index in [2.05, 4.69) is 0 Å². The lowest BCUT2D eigenvalue weighted by molar-refractivity contribution is -0.141. The molecule has 0 N–H and O–H groups in total. The van der Waals surface area contributed by atoms with Gasteiger partial charge in [-0.15, -0.1) is 0 Å². The standard InChI is InChI=1S/C19H23NO5/c1-12(25-19(23)13-7-9-14(24-2)10-8-13)11-20-17(21)15-5-3-4-6-16(15)18(20)22/h7-10,12,15-16H,3-6,11H2,1-2H3. The highest BCUT2D eigenvalue weighted by atomic mass is 16.5. The molecule has 1 aliphatic heterocycles. The van der Waals surface area contributed by atoms with Gasteiger partial charge in [0.15, 0.2) is 0 Å². The van der Waals surface area contributed by atoms with E-state index in [1.54, 1.807) is 38.3 Å². The molecule has 6 heteroatoms. The topological polar surface area (TPSA) is 72.9 Å². The molecule has 1 saturated carbocycles. The molecule has 1 heterocycles. The van der Waals surface area contributed by atoms with Gasteiger partial charge in [-0.05, 0) is 44.0 Å². The smallest absolute Gasteiger partial charge is 0.338 e. The number of amides is 2. The van der Waals surface area contributed by atoms with Crippen LogP contribution in [-0.2, 0) is 14.3 Å². The van der Waals surface area contributed by atoms with E-state index >= 15 is 0 Å². The van der Waals surface area contributed by atoms with Gasteiger partial charge < -0.3 is 9.47 Å². The minimum absolute atomic E-state index is 0.109. The van der Waals surface area contributed by atoms with Crippen LogP contribution < -0.4 is 4.74 Å². The van der Waals surface area contributed by atoms with Crippen molar-refractivity contribution in [3.8, 4) is 5.75 Å². The predicted octanol–water partition coefficient (Wildman–Crippen LogP) is 2.42. The van der Waals surface area contributed by atoms with E-state index in [0.717, 1.165) is 25.7 Å². The van der Waals surface area contributed by atoms with Crippen molar-refractivity contribution in [2.75, 3.05) is 13.7 Å². The monoisotopic (exact) mass is 345 g/mol. The number of nitrogens with zero attached hydrogens (tertiary/aromatic N) is 1. The Morgan fingerprint density at radius 3 is 2.20 bits per heavy atom. The molecule has 3 atom stereocenters. The Hall–Kier alpha value is -2.37. The zero-order valence-electron chi connectivity index (χ0n) is 14.6. The number of imide groups is 1. The molecule has 1 aliphatic carbocycles. The lowest BCUT2D eigenvalue weighted by atomic mass is 9.81. The fourth-order valence-electron chi connectivity index (χ4n) is 3.68. The summed E-state index contributed by atoms with van der Waals surface area (Å²) in [5.74, 6) is -0.396. The molecule has 0 radical (unpaired) electrons. The zero-order valence-corrected chi connectivity index (χ0v) is 14.6. The molecule has 0 bridgehead atoms. The van der Waals surface area contributed by atoms with Crippen molar-refractivity contribution in [1.82, 2.24) is 4.90 Å². The van der Waals surface area contributed by atoms with Gasteiger partial charge in [-0.1, -0.05) is 12.8 Å². The molecule has 2 aliphatic rings. The molecule has 1 aromatic rings. The summed E-state index contributed by atoms with van der Waals surface area (Å²) < 4.78 is 10.5. The van der Waals surface area contributed by atoms with Crippen LogP contribution in [0.4, 0.5) is 0 Å². The number of methoxy groups -OCH3 is 1. The number of hydrogen-bond acceptors (Lipinski definition) is 5. The van der Waals surface area contributed by atoms with E-state index in [-0.39, 0.29) is 30.2 Å². The summed E-state index contributed by atoms with van der Waals surface area (Å²) in [6, 6.07) is 6.60. The average molecular weight is 345 g/mol. The van der Waals surface area contributed by atoms with E-state index in [4.69, 9.17) is 9.47 Å². The Morgan fingerprint density at radius 2 is 1.68 bits per heavy atom. The number of carbonyl (C=O) groups excluding carboxylic acids is 3. The van der Waals surface area contributed by atoms with Gasteiger partial charge in [0.2, 0.25) is 11.8 Å². The maximum absolute atomic E-state index is 12.5. The van der Waals surface area contributed by atoms with Crippen LogP contribution in [0.2, 0.25) is 0 Å². The number of ether oxygens (including phenoxy) is 2. The summed E-state index contributed by atoms with van der Waals surface area (Å²) >= 11 is 0. The first-order valence-corrected chi connectivity index (χ1v) is 8.71. The van der Waals surface area contributed by atoms with E-state index < -0.39 is 12.1 Å². The molecule has 0 spiro atoms. The Bertz CT molecular complexity index is 645. The third kappa shape index (κ3) is 3.52. The fraction of sp³-hybridized carbons (Fsp3) is 0.526. The minimum Gasteiger partial charge on any atom is -0.497 e. The van der Waals surface area contributed by atoms with Gasteiger partial charge in [0.1, 0.15) is 11.9 Å². The van der Waals surface area contributed by atoms with Crippen LogP contribution in [-0.4, -0.2) is 42.4 Å². The van der Waals surface area contributed by atoms with Crippen LogP contribution in [0.3, 0.4) is 0 Å². The molecular formula is C19H23NO5. The molecule has 1 aromatic carbocycles. The van der Waals surface area contributed by atoms with Crippen LogP contribution in [0, 0.1) is 11.8 Å². The van der Waals surface area contributed by atoms with E-state index in [1.807, 2.05) is 0 Å². The number of fused-ring (bicyclic) bond motifs is 1. The first kappa shape index (κ1) is 17.5. The molecule has 25 heavy (non-hydrogen) atoms. The summed E-state index contributed by atoms with van der Waals surface area (Å²) in [6.45, 7) is 1.82. The first-order chi connectivity index (χ1) is 12.0. The summed E-state index contributed by atoms with van der Waals surface area (Å²) in [7, 11) is 1.55. The number of benzene rings is 1. The van der Waals surface area contributed by atoms with Crippen molar-refractivity contribution in [1.29, 1.82) is 0 Å². The minimum atomic E-state index is -0.553. The molecule has 3 unspecified atom stereocenters. The van der Waals surface area contributed by atoms with E-state index in [0.29, 0.717) is 11.3 Å². The maximum atomic E-state index is 12.5. The van der Waals surface area contributed by atoms with Gasteiger partial charge in [-0.2, -0.15) is 0 Å². The van der Waals surface area contributed by atoms with Gasteiger partial charge in [-0.3, -0.25) is 14.5 Å².